The molecule has 1 heterocycles. The van der Waals surface area contributed by atoms with E-state index in [0.29, 0.717) is 17.2 Å². The van der Waals surface area contributed by atoms with Crippen LogP contribution in [0.3, 0.4) is 0 Å². The van der Waals surface area contributed by atoms with Gasteiger partial charge in [0.2, 0.25) is 5.91 Å². The van der Waals surface area contributed by atoms with Gasteiger partial charge in [-0.3, -0.25) is 15.6 Å². The second kappa shape index (κ2) is 5.50. The smallest absolute Gasteiger partial charge is 0.229 e. The first-order valence-corrected chi connectivity index (χ1v) is 7.20. The summed E-state index contributed by atoms with van der Waals surface area (Å²) < 4.78 is 13.5. The Balaban J connectivity index is 1.70. The fourth-order valence-corrected chi connectivity index (χ4v) is 3.24. The van der Waals surface area contributed by atoms with Crippen LogP contribution in [0.5, 0.6) is 0 Å². The molecule has 0 bridgehead atoms. The molecule has 1 aromatic rings. The fraction of sp³-hybridized carbons (Fsp3) is 0.533. The van der Waals surface area contributed by atoms with Crippen LogP contribution in [-0.2, 0) is 4.79 Å². The van der Waals surface area contributed by atoms with Crippen molar-refractivity contribution in [3.8, 4) is 0 Å². The van der Waals surface area contributed by atoms with Gasteiger partial charge in [0.1, 0.15) is 5.82 Å². The lowest BCUT2D eigenvalue weighted by Crippen LogP contribution is -2.45. The number of halogens is 1. The van der Waals surface area contributed by atoms with Gasteiger partial charge < -0.3 is 5.32 Å². The monoisotopic (exact) mass is 277 g/mol. The van der Waals surface area contributed by atoms with E-state index in [4.69, 9.17) is 0 Å². The highest BCUT2D eigenvalue weighted by atomic mass is 19.1. The Morgan fingerprint density at radius 3 is 3.05 bits per heavy atom. The molecular weight excluding hydrogens is 257 g/mol. The van der Waals surface area contributed by atoms with Crippen LogP contribution < -0.4 is 16.2 Å². The maximum atomic E-state index is 13.5. The standard InChI is InChI=1S/C15H20FN3O/c1-9-5-6-11(7-13(9)16)18-15(20)12-4-2-3-10-8-17-19-14(10)12/h5-7,10,12,14,17,19H,2-4,8H2,1H3,(H,18,20). The lowest BCUT2D eigenvalue weighted by molar-refractivity contribution is -0.121. The number of aryl methyl sites for hydroxylation is 1. The average Bonchev–Trinajstić information content (AvgIpc) is 2.91. The Bertz CT molecular complexity index is 520. The van der Waals surface area contributed by atoms with E-state index in [9.17, 15) is 9.18 Å². The first-order valence-electron chi connectivity index (χ1n) is 7.20. The predicted octanol–water partition coefficient (Wildman–Crippen LogP) is 1.97. The van der Waals surface area contributed by atoms with Gasteiger partial charge in [0.05, 0.1) is 5.92 Å². The molecule has 4 nitrogen and oxygen atoms in total. The number of benzene rings is 1. The molecule has 0 aromatic heterocycles. The molecule has 5 heteroatoms. The van der Waals surface area contributed by atoms with Crippen LogP contribution in [0.1, 0.15) is 24.8 Å². The molecule has 2 aliphatic rings. The summed E-state index contributed by atoms with van der Waals surface area (Å²) in [6.07, 6.45) is 3.12. The quantitative estimate of drug-likeness (QED) is 0.774. The third-order valence-electron chi connectivity index (χ3n) is 4.44. The number of rotatable bonds is 2. The molecule has 20 heavy (non-hydrogen) atoms. The van der Waals surface area contributed by atoms with Crippen LogP contribution in [0.25, 0.3) is 0 Å². The first-order chi connectivity index (χ1) is 9.65. The van der Waals surface area contributed by atoms with Gasteiger partial charge in [-0.1, -0.05) is 12.5 Å². The predicted molar refractivity (Wildman–Crippen MR) is 75.5 cm³/mol. The minimum absolute atomic E-state index is 0.0147. The zero-order chi connectivity index (χ0) is 14.1. The third-order valence-corrected chi connectivity index (χ3v) is 4.44. The van der Waals surface area contributed by atoms with Gasteiger partial charge in [-0.15, -0.1) is 0 Å². The van der Waals surface area contributed by atoms with Crippen molar-refractivity contribution in [2.45, 2.75) is 32.2 Å². The number of carbonyl (C=O) groups is 1. The van der Waals surface area contributed by atoms with E-state index in [-0.39, 0.29) is 23.7 Å². The van der Waals surface area contributed by atoms with Crippen molar-refractivity contribution in [2.24, 2.45) is 11.8 Å². The summed E-state index contributed by atoms with van der Waals surface area (Å²) in [4.78, 5) is 12.4. The molecule has 1 aromatic carbocycles. The van der Waals surface area contributed by atoms with E-state index in [1.54, 1.807) is 19.1 Å². The summed E-state index contributed by atoms with van der Waals surface area (Å²) in [6.45, 7) is 2.63. The van der Waals surface area contributed by atoms with Crippen molar-refractivity contribution in [3.63, 3.8) is 0 Å². The van der Waals surface area contributed by atoms with E-state index in [2.05, 4.69) is 16.2 Å². The molecule has 3 unspecified atom stereocenters. The SMILES string of the molecule is Cc1ccc(NC(=O)C2CCCC3CNNC32)cc1F. The van der Waals surface area contributed by atoms with Crippen LogP contribution in [0.15, 0.2) is 18.2 Å². The molecule has 108 valence electrons. The molecule has 0 radical (unpaired) electrons. The van der Waals surface area contributed by atoms with Gasteiger partial charge in [0.25, 0.3) is 0 Å². The molecule has 3 N–H and O–H groups in total. The number of nitrogens with one attached hydrogen (secondary N) is 3. The van der Waals surface area contributed by atoms with Crippen molar-refractivity contribution < 1.29 is 9.18 Å². The molecule has 2 fully saturated rings. The van der Waals surface area contributed by atoms with E-state index in [0.717, 1.165) is 25.8 Å². The summed E-state index contributed by atoms with van der Waals surface area (Å²) in [5.74, 6) is 0.173. The van der Waals surface area contributed by atoms with Gasteiger partial charge >= 0.3 is 0 Å². The lowest BCUT2D eigenvalue weighted by Gasteiger charge is -2.31. The molecule has 1 saturated heterocycles. The molecule has 0 spiro atoms. The zero-order valence-electron chi connectivity index (χ0n) is 11.6. The van der Waals surface area contributed by atoms with Crippen LogP contribution in [0.2, 0.25) is 0 Å². The number of hydrazine groups is 1. The summed E-state index contributed by atoms with van der Waals surface area (Å²) in [5.41, 5.74) is 7.47. The highest BCUT2D eigenvalue weighted by molar-refractivity contribution is 5.93. The minimum Gasteiger partial charge on any atom is -0.326 e. The Kier molecular flexibility index (Phi) is 3.72. The first kappa shape index (κ1) is 13.5. The number of hydrogen-bond donors (Lipinski definition) is 3. The maximum Gasteiger partial charge on any atom is 0.229 e. The molecular formula is C15H20FN3O. The molecule has 3 rings (SSSR count). The summed E-state index contributed by atoms with van der Waals surface area (Å²) >= 11 is 0. The van der Waals surface area contributed by atoms with Gasteiger partial charge in [-0.05, 0) is 43.4 Å². The van der Waals surface area contributed by atoms with E-state index >= 15 is 0 Å². The van der Waals surface area contributed by atoms with Crippen LogP contribution >= 0.6 is 0 Å². The number of carbonyl (C=O) groups excluding carboxylic acids is 1. The van der Waals surface area contributed by atoms with Gasteiger partial charge in [0.15, 0.2) is 0 Å². The van der Waals surface area contributed by atoms with Crippen LogP contribution in [-0.4, -0.2) is 18.5 Å². The van der Waals surface area contributed by atoms with Crippen molar-refractivity contribution in [1.82, 2.24) is 10.9 Å². The molecule has 1 aliphatic heterocycles. The van der Waals surface area contributed by atoms with E-state index in [1.807, 2.05) is 0 Å². The molecule has 1 saturated carbocycles. The van der Waals surface area contributed by atoms with Gasteiger partial charge in [0, 0.05) is 18.3 Å². The van der Waals surface area contributed by atoms with Crippen molar-refractivity contribution in [1.29, 1.82) is 0 Å². The summed E-state index contributed by atoms with van der Waals surface area (Å²) in [6, 6.07) is 5.01. The second-order valence-electron chi connectivity index (χ2n) is 5.80. The second-order valence-corrected chi connectivity index (χ2v) is 5.80. The highest BCUT2D eigenvalue weighted by Crippen LogP contribution is 2.32. The average molecular weight is 277 g/mol. The van der Waals surface area contributed by atoms with Crippen molar-refractivity contribution in [3.05, 3.63) is 29.6 Å². The van der Waals surface area contributed by atoms with Crippen LogP contribution in [0, 0.1) is 24.6 Å². The number of fused-ring (bicyclic) bond motifs is 1. The van der Waals surface area contributed by atoms with Crippen molar-refractivity contribution >= 4 is 11.6 Å². The van der Waals surface area contributed by atoms with E-state index in [1.165, 1.54) is 6.07 Å². The Labute approximate surface area is 118 Å². The van der Waals surface area contributed by atoms with Crippen molar-refractivity contribution in [2.75, 3.05) is 11.9 Å². The Morgan fingerprint density at radius 1 is 1.40 bits per heavy atom. The Morgan fingerprint density at radius 2 is 2.25 bits per heavy atom. The number of anilines is 1. The van der Waals surface area contributed by atoms with Crippen LogP contribution in [0.4, 0.5) is 10.1 Å². The molecule has 3 atom stereocenters. The summed E-state index contributed by atoms with van der Waals surface area (Å²) in [5, 5.41) is 2.85. The zero-order valence-corrected chi connectivity index (χ0v) is 11.6. The summed E-state index contributed by atoms with van der Waals surface area (Å²) in [7, 11) is 0. The largest absolute Gasteiger partial charge is 0.326 e. The van der Waals surface area contributed by atoms with Gasteiger partial charge in [-0.25, -0.2) is 4.39 Å². The van der Waals surface area contributed by atoms with Gasteiger partial charge in [-0.2, -0.15) is 0 Å². The Hall–Kier alpha value is -1.46. The maximum absolute atomic E-state index is 13.5. The van der Waals surface area contributed by atoms with E-state index < -0.39 is 0 Å². The topological polar surface area (TPSA) is 53.2 Å². The fourth-order valence-electron chi connectivity index (χ4n) is 3.24. The third kappa shape index (κ3) is 2.55. The lowest BCUT2D eigenvalue weighted by atomic mass is 9.77. The highest BCUT2D eigenvalue weighted by Gasteiger charge is 2.40. The number of amides is 1. The molecule has 1 aliphatic carbocycles. The number of hydrogen-bond acceptors (Lipinski definition) is 3. The molecule has 1 amide bonds. The minimum atomic E-state index is -0.287. The normalized spacial score (nSPS) is 29.0.